The highest BCUT2D eigenvalue weighted by Crippen LogP contribution is 2.24. The Morgan fingerprint density at radius 3 is 2.79 bits per heavy atom. The number of unbranched alkanes of at least 4 members (excludes halogenated alkanes) is 1. The quantitative estimate of drug-likeness (QED) is 0.634. The predicted octanol–water partition coefficient (Wildman–Crippen LogP) is 1.42. The summed E-state index contributed by atoms with van der Waals surface area (Å²) in [6.45, 7) is 3.35. The molecule has 3 N–H and O–H groups in total. The first-order valence-electron chi connectivity index (χ1n) is 5.70. The van der Waals surface area contributed by atoms with E-state index >= 15 is 0 Å². The summed E-state index contributed by atoms with van der Waals surface area (Å²) >= 11 is 0. The average Bonchev–Trinajstić information content (AvgIpc) is 2.50. The number of amides is 1. The number of rotatable bonds is 6. The number of primary amides is 1. The Hall–Kier alpha value is -0.570. The standard InChI is InChI=1S/C11H22N2O/c1-9-5-6-10(8-9)13-7-3-2-4-11(12)14/h9-10,13H,2-8H2,1H3,(H2,12,14). The number of hydrogen-bond acceptors (Lipinski definition) is 2. The van der Waals surface area contributed by atoms with Gasteiger partial charge < -0.3 is 11.1 Å². The summed E-state index contributed by atoms with van der Waals surface area (Å²) in [4.78, 5) is 10.5. The van der Waals surface area contributed by atoms with Crippen molar-refractivity contribution in [2.45, 2.75) is 51.5 Å². The van der Waals surface area contributed by atoms with Crippen LogP contribution in [0.15, 0.2) is 0 Å². The third-order valence-electron chi connectivity index (χ3n) is 2.98. The zero-order chi connectivity index (χ0) is 10.4. The molecule has 3 nitrogen and oxygen atoms in total. The van der Waals surface area contributed by atoms with Gasteiger partial charge in [-0.2, -0.15) is 0 Å². The SMILES string of the molecule is CC1CCC(NCCCCC(N)=O)C1. The Bertz CT molecular complexity index is 182. The van der Waals surface area contributed by atoms with E-state index in [0.717, 1.165) is 31.3 Å². The zero-order valence-corrected chi connectivity index (χ0v) is 9.09. The second kappa shape index (κ2) is 6.02. The smallest absolute Gasteiger partial charge is 0.217 e. The molecule has 2 unspecified atom stereocenters. The first kappa shape index (κ1) is 11.5. The van der Waals surface area contributed by atoms with Crippen LogP contribution in [0.4, 0.5) is 0 Å². The second-order valence-corrected chi connectivity index (χ2v) is 4.49. The van der Waals surface area contributed by atoms with Crippen molar-refractivity contribution < 1.29 is 4.79 Å². The van der Waals surface area contributed by atoms with E-state index < -0.39 is 0 Å². The predicted molar refractivity (Wildman–Crippen MR) is 57.9 cm³/mol. The van der Waals surface area contributed by atoms with Crippen LogP contribution in [0.2, 0.25) is 0 Å². The van der Waals surface area contributed by atoms with Crippen LogP contribution in [-0.2, 0) is 4.79 Å². The minimum atomic E-state index is -0.181. The van der Waals surface area contributed by atoms with Crippen LogP contribution in [0, 0.1) is 5.92 Å². The van der Waals surface area contributed by atoms with E-state index in [9.17, 15) is 4.79 Å². The van der Waals surface area contributed by atoms with Crippen molar-refractivity contribution in [2.75, 3.05) is 6.54 Å². The van der Waals surface area contributed by atoms with E-state index in [4.69, 9.17) is 5.73 Å². The lowest BCUT2D eigenvalue weighted by atomic mass is 10.1. The summed E-state index contributed by atoms with van der Waals surface area (Å²) in [5, 5.41) is 3.53. The fourth-order valence-electron chi connectivity index (χ4n) is 2.12. The van der Waals surface area contributed by atoms with Crippen LogP contribution in [0.25, 0.3) is 0 Å². The third kappa shape index (κ3) is 4.61. The Balaban J connectivity index is 1.91. The molecule has 1 saturated carbocycles. The summed E-state index contributed by atoms with van der Waals surface area (Å²) in [7, 11) is 0. The third-order valence-corrected chi connectivity index (χ3v) is 2.98. The van der Waals surface area contributed by atoms with Crippen molar-refractivity contribution in [3.63, 3.8) is 0 Å². The van der Waals surface area contributed by atoms with Crippen molar-refractivity contribution in [3.8, 4) is 0 Å². The van der Waals surface area contributed by atoms with Gasteiger partial charge in [-0.25, -0.2) is 0 Å². The van der Waals surface area contributed by atoms with Crippen molar-refractivity contribution in [1.29, 1.82) is 0 Å². The molecule has 0 aromatic heterocycles. The zero-order valence-electron chi connectivity index (χ0n) is 9.09. The van der Waals surface area contributed by atoms with Gasteiger partial charge in [0.2, 0.25) is 5.91 Å². The van der Waals surface area contributed by atoms with Gasteiger partial charge in [-0.05, 0) is 44.6 Å². The topological polar surface area (TPSA) is 55.1 Å². The van der Waals surface area contributed by atoms with Crippen LogP contribution < -0.4 is 11.1 Å². The van der Waals surface area contributed by atoms with E-state index in [2.05, 4.69) is 12.2 Å². The van der Waals surface area contributed by atoms with Gasteiger partial charge in [0.25, 0.3) is 0 Å². The molecular weight excluding hydrogens is 176 g/mol. The molecule has 3 heteroatoms. The highest BCUT2D eigenvalue weighted by Gasteiger charge is 2.19. The minimum Gasteiger partial charge on any atom is -0.370 e. The van der Waals surface area contributed by atoms with Gasteiger partial charge in [-0.3, -0.25) is 4.79 Å². The lowest BCUT2D eigenvalue weighted by Gasteiger charge is -2.11. The fourth-order valence-corrected chi connectivity index (χ4v) is 2.12. The van der Waals surface area contributed by atoms with Gasteiger partial charge in [0, 0.05) is 12.5 Å². The molecule has 0 saturated heterocycles. The summed E-state index contributed by atoms with van der Waals surface area (Å²) < 4.78 is 0. The van der Waals surface area contributed by atoms with E-state index in [0.29, 0.717) is 6.42 Å². The Morgan fingerprint density at radius 1 is 1.43 bits per heavy atom. The molecule has 0 radical (unpaired) electrons. The Morgan fingerprint density at radius 2 is 2.21 bits per heavy atom. The van der Waals surface area contributed by atoms with E-state index in [1.807, 2.05) is 0 Å². The van der Waals surface area contributed by atoms with Crippen LogP contribution >= 0.6 is 0 Å². The Kier molecular flexibility index (Phi) is 4.94. The number of hydrogen-bond donors (Lipinski definition) is 2. The van der Waals surface area contributed by atoms with Gasteiger partial charge >= 0.3 is 0 Å². The molecule has 0 aromatic rings. The second-order valence-electron chi connectivity index (χ2n) is 4.49. The molecule has 0 bridgehead atoms. The molecule has 0 aromatic carbocycles. The van der Waals surface area contributed by atoms with Crippen molar-refractivity contribution in [3.05, 3.63) is 0 Å². The van der Waals surface area contributed by atoms with Crippen LogP contribution in [0.3, 0.4) is 0 Å². The molecule has 2 atom stereocenters. The maximum Gasteiger partial charge on any atom is 0.217 e. The first-order valence-corrected chi connectivity index (χ1v) is 5.70. The van der Waals surface area contributed by atoms with Crippen molar-refractivity contribution in [1.82, 2.24) is 5.32 Å². The molecule has 0 heterocycles. The van der Waals surface area contributed by atoms with Crippen LogP contribution in [0.5, 0.6) is 0 Å². The van der Waals surface area contributed by atoms with E-state index in [1.165, 1.54) is 19.3 Å². The summed E-state index contributed by atoms with van der Waals surface area (Å²) in [5.74, 6) is 0.706. The van der Waals surface area contributed by atoms with Crippen molar-refractivity contribution in [2.24, 2.45) is 11.7 Å². The lowest BCUT2D eigenvalue weighted by Crippen LogP contribution is -2.27. The van der Waals surface area contributed by atoms with Gasteiger partial charge in [0.05, 0.1) is 0 Å². The summed E-state index contributed by atoms with van der Waals surface area (Å²) in [6, 6.07) is 0.721. The molecule has 1 rings (SSSR count). The maximum absolute atomic E-state index is 10.5. The van der Waals surface area contributed by atoms with Crippen LogP contribution in [-0.4, -0.2) is 18.5 Å². The number of nitrogens with one attached hydrogen (secondary N) is 1. The van der Waals surface area contributed by atoms with Crippen molar-refractivity contribution >= 4 is 5.91 Å². The Labute approximate surface area is 86.4 Å². The van der Waals surface area contributed by atoms with Gasteiger partial charge in [-0.1, -0.05) is 6.92 Å². The molecule has 0 spiro atoms. The summed E-state index contributed by atoms with van der Waals surface area (Å²) in [5.41, 5.74) is 5.06. The summed E-state index contributed by atoms with van der Waals surface area (Å²) in [6.07, 6.45) is 6.51. The molecule has 0 aliphatic heterocycles. The largest absolute Gasteiger partial charge is 0.370 e. The molecule has 1 amide bonds. The lowest BCUT2D eigenvalue weighted by molar-refractivity contribution is -0.118. The normalized spacial score (nSPS) is 26.6. The monoisotopic (exact) mass is 198 g/mol. The van der Waals surface area contributed by atoms with Gasteiger partial charge in [0.1, 0.15) is 0 Å². The number of nitrogens with two attached hydrogens (primary N) is 1. The molecular formula is C11H22N2O. The van der Waals surface area contributed by atoms with Gasteiger partial charge in [-0.15, -0.1) is 0 Å². The molecule has 14 heavy (non-hydrogen) atoms. The molecule has 1 aliphatic rings. The maximum atomic E-state index is 10.5. The van der Waals surface area contributed by atoms with E-state index in [-0.39, 0.29) is 5.91 Å². The minimum absolute atomic E-state index is 0.181. The highest BCUT2D eigenvalue weighted by atomic mass is 16.1. The number of carbonyl (C=O) groups excluding carboxylic acids is 1. The van der Waals surface area contributed by atoms with Gasteiger partial charge in [0.15, 0.2) is 0 Å². The molecule has 1 aliphatic carbocycles. The molecule has 1 fully saturated rings. The number of carbonyl (C=O) groups is 1. The molecule has 82 valence electrons. The average molecular weight is 198 g/mol. The van der Waals surface area contributed by atoms with E-state index in [1.54, 1.807) is 0 Å². The first-order chi connectivity index (χ1) is 6.68. The fraction of sp³-hybridized carbons (Fsp3) is 0.909. The highest BCUT2D eigenvalue weighted by molar-refractivity contribution is 5.73. The van der Waals surface area contributed by atoms with Crippen LogP contribution in [0.1, 0.15) is 45.4 Å².